The third-order valence-electron chi connectivity index (χ3n) is 8.40. The topological polar surface area (TPSA) is 64.7 Å². The van der Waals surface area contributed by atoms with Crippen LogP contribution in [0.4, 0.5) is 0 Å². The molecule has 0 radical (unpaired) electrons. The van der Waals surface area contributed by atoms with Crippen LogP contribution < -0.4 is 0 Å². The summed E-state index contributed by atoms with van der Waals surface area (Å²) >= 11 is 0. The maximum atomic E-state index is 6.56. The molecule has 0 bridgehead atoms. The summed E-state index contributed by atoms with van der Waals surface area (Å²) in [6.45, 7) is 0. The molecule has 0 saturated heterocycles. The number of hydrogen-bond acceptors (Lipinski definition) is 5. The number of pyridine rings is 1. The molecule has 0 atom stereocenters. The van der Waals surface area contributed by atoms with E-state index in [9.17, 15) is 0 Å². The first-order valence-electron chi connectivity index (χ1n) is 14.9. The SMILES string of the molecule is c1ccc(-c2nc(-c3ccc4ccccc4c3)nc(-c3ccc(-c4ccc5ccccc5c4)c4oc5cnccc5c34)n2)cc1. The van der Waals surface area contributed by atoms with Crippen molar-refractivity contribution >= 4 is 43.5 Å². The Morgan fingerprint density at radius 1 is 0.444 bits per heavy atom. The summed E-state index contributed by atoms with van der Waals surface area (Å²) < 4.78 is 6.56. The molecule has 0 unspecified atom stereocenters. The number of rotatable bonds is 4. The van der Waals surface area contributed by atoms with E-state index in [2.05, 4.69) is 89.9 Å². The Balaban J connectivity index is 1.31. The van der Waals surface area contributed by atoms with Gasteiger partial charge in [-0.2, -0.15) is 0 Å². The monoisotopic (exact) mass is 576 g/mol. The Bertz CT molecular complexity index is 2550. The zero-order chi connectivity index (χ0) is 29.7. The van der Waals surface area contributed by atoms with Gasteiger partial charge in [0.15, 0.2) is 23.1 Å². The summed E-state index contributed by atoms with van der Waals surface area (Å²) in [5.74, 6) is 1.82. The van der Waals surface area contributed by atoms with E-state index in [1.54, 1.807) is 12.4 Å². The first-order valence-corrected chi connectivity index (χ1v) is 14.9. The Morgan fingerprint density at radius 2 is 1.04 bits per heavy atom. The summed E-state index contributed by atoms with van der Waals surface area (Å²) in [5.41, 5.74) is 6.31. The number of aromatic nitrogens is 4. The van der Waals surface area contributed by atoms with E-state index in [1.807, 2.05) is 48.5 Å². The molecule has 3 heterocycles. The van der Waals surface area contributed by atoms with Gasteiger partial charge in [-0.1, -0.05) is 103 Å². The van der Waals surface area contributed by atoms with Gasteiger partial charge in [0.25, 0.3) is 0 Å². The van der Waals surface area contributed by atoms with Crippen molar-refractivity contribution in [3.05, 3.63) is 146 Å². The van der Waals surface area contributed by atoms with Crippen molar-refractivity contribution in [2.24, 2.45) is 0 Å². The molecule has 0 aliphatic heterocycles. The van der Waals surface area contributed by atoms with Gasteiger partial charge in [-0.25, -0.2) is 15.0 Å². The van der Waals surface area contributed by atoms with E-state index in [4.69, 9.17) is 19.4 Å². The van der Waals surface area contributed by atoms with E-state index < -0.39 is 0 Å². The molecular weight excluding hydrogens is 552 g/mol. The number of furan rings is 1. The minimum absolute atomic E-state index is 0.585. The maximum absolute atomic E-state index is 6.56. The molecule has 9 aromatic rings. The van der Waals surface area contributed by atoms with Crippen LogP contribution in [0.3, 0.4) is 0 Å². The summed E-state index contributed by atoms with van der Waals surface area (Å²) in [6.07, 6.45) is 3.57. The molecule has 9 rings (SSSR count). The van der Waals surface area contributed by atoms with E-state index in [0.29, 0.717) is 23.1 Å². The van der Waals surface area contributed by atoms with Crippen molar-refractivity contribution in [1.29, 1.82) is 0 Å². The molecule has 0 aliphatic rings. The zero-order valence-corrected chi connectivity index (χ0v) is 24.1. The standard InChI is InChI=1S/C40H24N4O/c1-2-10-27(11-3-1)38-42-39(31-17-15-26-9-5-7-13-29(26)23-31)44-40(43-38)34-19-18-32(30-16-14-25-8-4-6-12-28(25)22-30)37-36(34)33-20-21-41-24-35(33)45-37/h1-24H. The van der Waals surface area contributed by atoms with Crippen molar-refractivity contribution < 1.29 is 4.42 Å². The molecule has 0 N–H and O–H groups in total. The molecule has 210 valence electrons. The number of hydrogen-bond donors (Lipinski definition) is 0. The van der Waals surface area contributed by atoms with Crippen LogP contribution in [0.1, 0.15) is 0 Å². The summed E-state index contributed by atoms with van der Waals surface area (Å²) in [5, 5.41) is 6.59. The van der Waals surface area contributed by atoms with Crippen molar-refractivity contribution in [2.75, 3.05) is 0 Å². The minimum Gasteiger partial charge on any atom is -0.454 e. The van der Waals surface area contributed by atoms with Gasteiger partial charge in [0.1, 0.15) is 5.58 Å². The van der Waals surface area contributed by atoms with E-state index in [1.165, 1.54) is 16.2 Å². The maximum Gasteiger partial charge on any atom is 0.164 e. The normalized spacial score (nSPS) is 11.6. The number of fused-ring (bicyclic) bond motifs is 5. The van der Waals surface area contributed by atoms with Crippen LogP contribution in [0.2, 0.25) is 0 Å². The molecule has 45 heavy (non-hydrogen) atoms. The van der Waals surface area contributed by atoms with Crippen LogP contribution in [0, 0.1) is 0 Å². The highest BCUT2D eigenvalue weighted by Gasteiger charge is 2.21. The van der Waals surface area contributed by atoms with Crippen molar-refractivity contribution in [3.8, 4) is 45.3 Å². The fourth-order valence-corrected chi connectivity index (χ4v) is 6.17. The molecule has 0 spiro atoms. The van der Waals surface area contributed by atoms with Gasteiger partial charge in [-0.3, -0.25) is 4.98 Å². The van der Waals surface area contributed by atoms with Crippen LogP contribution in [-0.4, -0.2) is 19.9 Å². The van der Waals surface area contributed by atoms with Gasteiger partial charge in [0.05, 0.1) is 6.20 Å². The summed E-state index contributed by atoms with van der Waals surface area (Å²) in [4.78, 5) is 19.5. The van der Waals surface area contributed by atoms with Gasteiger partial charge in [-0.05, 0) is 57.4 Å². The second-order valence-electron chi connectivity index (χ2n) is 11.1. The lowest BCUT2D eigenvalue weighted by Crippen LogP contribution is -2.00. The molecule has 5 heteroatoms. The van der Waals surface area contributed by atoms with Gasteiger partial charge >= 0.3 is 0 Å². The third-order valence-corrected chi connectivity index (χ3v) is 8.40. The highest BCUT2D eigenvalue weighted by atomic mass is 16.3. The van der Waals surface area contributed by atoms with Crippen LogP contribution in [0.5, 0.6) is 0 Å². The molecule has 0 fully saturated rings. The lowest BCUT2D eigenvalue weighted by molar-refractivity contribution is 0.668. The Morgan fingerprint density at radius 3 is 1.80 bits per heavy atom. The average Bonchev–Trinajstić information content (AvgIpc) is 3.51. The van der Waals surface area contributed by atoms with Gasteiger partial charge in [0, 0.05) is 39.2 Å². The smallest absolute Gasteiger partial charge is 0.164 e. The Kier molecular flexibility index (Phi) is 5.74. The van der Waals surface area contributed by atoms with Crippen LogP contribution in [0.15, 0.2) is 150 Å². The molecule has 6 aromatic carbocycles. The van der Waals surface area contributed by atoms with Gasteiger partial charge in [0.2, 0.25) is 0 Å². The first kappa shape index (κ1) is 25.3. The highest BCUT2D eigenvalue weighted by Crippen LogP contribution is 2.41. The first-order chi connectivity index (χ1) is 22.3. The summed E-state index contributed by atoms with van der Waals surface area (Å²) in [7, 11) is 0. The predicted octanol–water partition coefficient (Wildman–Crippen LogP) is 10.1. The van der Waals surface area contributed by atoms with Crippen molar-refractivity contribution in [2.45, 2.75) is 0 Å². The molecule has 3 aromatic heterocycles. The van der Waals surface area contributed by atoms with E-state index >= 15 is 0 Å². The number of nitrogens with zero attached hydrogens (tertiary/aromatic N) is 4. The fraction of sp³-hybridized carbons (Fsp3) is 0. The second-order valence-corrected chi connectivity index (χ2v) is 11.1. The molecule has 0 amide bonds. The zero-order valence-electron chi connectivity index (χ0n) is 24.1. The minimum atomic E-state index is 0.585. The van der Waals surface area contributed by atoms with Crippen LogP contribution in [0.25, 0.3) is 88.8 Å². The lowest BCUT2D eigenvalue weighted by atomic mass is 9.96. The predicted molar refractivity (Wildman–Crippen MR) is 182 cm³/mol. The third kappa shape index (κ3) is 4.33. The lowest BCUT2D eigenvalue weighted by Gasteiger charge is -2.11. The van der Waals surface area contributed by atoms with E-state index in [0.717, 1.165) is 49.6 Å². The highest BCUT2D eigenvalue weighted by molar-refractivity contribution is 6.15. The number of benzene rings is 6. The summed E-state index contributed by atoms with van der Waals surface area (Å²) in [6, 6.07) is 45.8. The largest absolute Gasteiger partial charge is 0.454 e. The average molecular weight is 577 g/mol. The van der Waals surface area contributed by atoms with Gasteiger partial charge < -0.3 is 4.42 Å². The Hall–Kier alpha value is -6.20. The quantitative estimate of drug-likeness (QED) is 0.209. The van der Waals surface area contributed by atoms with Crippen molar-refractivity contribution in [1.82, 2.24) is 19.9 Å². The molecular formula is C40H24N4O. The second kappa shape index (κ2) is 10.2. The fourth-order valence-electron chi connectivity index (χ4n) is 6.17. The molecule has 0 aliphatic carbocycles. The molecule has 0 saturated carbocycles. The van der Waals surface area contributed by atoms with Crippen LogP contribution in [-0.2, 0) is 0 Å². The van der Waals surface area contributed by atoms with E-state index in [-0.39, 0.29) is 0 Å². The Labute approximate surface area is 258 Å². The van der Waals surface area contributed by atoms with Crippen LogP contribution >= 0.6 is 0 Å². The molecule has 5 nitrogen and oxygen atoms in total. The van der Waals surface area contributed by atoms with Crippen molar-refractivity contribution in [3.63, 3.8) is 0 Å². The van der Waals surface area contributed by atoms with Gasteiger partial charge in [-0.15, -0.1) is 0 Å².